The molecule has 0 fully saturated rings. The van der Waals surface area contributed by atoms with Gasteiger partial charge in [0.2, 0.25) is 5.96 Å². The molecule has 0 heterocycles. The molecule has 0 atom stereocenters. The zero-order chi connectivity index (χ0) is 11.9. The van der Waals surface area contributed by atoms with Gasteiger partial charge in [-0.25, -0.2) is 0 Å². The third-order valence-corrected chi connectivity index (χ3v) is 1.39. The summed E-state index contributed by atoms with van der Waals surface area (Å²) in [7, 11) is 0. The van der Waals surface area contributed by atoms with E-state index in [1.165, 1.54) is 0 Å². The van der Waals surface area contributed by atoms with Crippen molar-refractivity contribution in [3.8, 4) is 0 Å². The van der Waals surface area contributed by atoms with Crippen LogP contribution in [0.25, 0.3) is 0 Å². The number of hydrogen-bond donors (Lipinski definition) is 3. The zero-order valence-electron chi connectivity index (χ0n) is 8.09. The van der Waals surface area contributed by atoms with E-state index in [0.717, 1.165) is 0 Å². The van der Waals surface area contributed by atoms with Gasteiger partial charge in [0.05, 0.1) is 0 Å². The summed E-state index contributed by atoms with van der Waals surface area (Å²) in [5.41, 5.74) is 15.2. The first-order chi connectivity index (χ1) is 6.81. The summed E-state index contributed by atoms with van der Waals surface area (Å²) in [5, 5.41) is 0. The monoisotopic (exact) mass is 225 g/mol. The van der Waals surface area contributed by atoms with Gasteiger partial charge in [0, 0.05) is 13.0 Å². The molecular formula is C7H14F3N5. The summed E-state index contributed by atoms with van der Waals surface area (Å²) in [6.45, 7) is 0.179. The second-order valence-corrected chi connectivity index (χ2v) is 2.85. The van der Waals surface area contributed by atoms with Crippen LogP contribution in [-0.4, -0.2) is 24.6 Å². The van der Waals surface area contributed by atoms with Gasteiger partial charge in [-0.05, 0) is 12.8 Å². The highest BCUT2D eigenvalue weighted by Gasteiger charge is 2.25. The van der Waals surface area contributed by atoms with E-state index in [1.54, 1.807) is 0 Å². The Morgan fingerprint density at radius 1 is 1.07 bits per heavy atom. The Hall–Kier alpha value is -1.47. The standard InChI is InChI=1S/C7H14F3N5/c8-7(9,10)3-1-2-4-14-6(13)15-5(11)12/h1-4H2,(H6,11,12,13,14,15). The SMILES string of the molecule is NC(N)=NC(N)=NCCCCC(F)(F)F. The summed E-state index contributed by atoms with van der Waals surface area (Å²) >= 11 is 0. The zero-order valence-corrected chi connectivity index (χ0v) is 8.09. The van der Waals surface area contributed by atoms with E-state index in [2.05, 4.69) is 9.98 Å². The highest BCUT2D eigenvalue weighted by Crippen LogP contribution is 2.21. The van der Waals surface area contributed by atoms with Crippen molar-refractivity contribution in [1.29, 1.82) is 0 Å². The van der Waals surface area contributed by atoms with Crippen molar-refractivity contribution in [3.05, 3.63) is 0 Å². The smallest absolute Gasteiger partial charge is 0.370 e. The van der Waals surface area contributed by atoms with Crippen molar-refractivity contribution >= 4 is 11.9 Å². The minimum Gasteiger partial charge on any atom is -0.370 e. The van der Waals surface area contributed by atoms with Gasteiger partial charge >= 0.3 is 6.18 Å². The van der Waals surface area contributed by atoms with Crippen molar-refractivity contribution in [3.63, 3.8) is 0 Å². The van der Waals surface area contributed by atoms with E-state index in [4.69, 9.17) is 17.2 Å². The Balaban J connectivity index is 3.67. The summed E-state index contributed by atoms with van der Waals surface area (Å²) in [6, 6.07) is 0. The van der Waals surface area contributed by atoms with Crippen LogP contribution in [0.3, 0.4) is 0 Å². The van der Waals surface area contributed by atoms with Gasteiger partial charge in [-0.2, -0.15) is 18.2 Å². The molecule has 0 aliphatic heterocycles. The molecule has 15 heavy (non-hydrogen) atoms. The van der Waals surface area contributed by atoms with Crippen LogP contribution < -0.4 is 17.2 Å². The quantitative estimate of drug-likeness (QED) is 0.364. The molecule has 8 heteroatoms. The molecule has 5 nitrogen and oxygen atoms in total. The Kier molecular flexibility index (Phi) is 5.50. The lowest BCUT2D eigenvalue weighted by molar-refractivity contribution is -0.135. The summed E-state index contributed by atoms with van der Waals surface area (Å²) < 4.78 is 35.1. The Morgan fingerprint density at radius 2 is 1.67 bits per heavy atom. The van der Waals surface area contributed by atoms with Gasteiger partial charge < -0.3 is 17.2 Å². The molecule has 0 radical (unpaired) electrons. The van der Waals surface area contributed by atoms with E-state index in [-0.39, 0.29) is 24.9 Å². The molecule has 0 saturated carbocycles. The maximum Gasteiger partial charge on any atom is 0.389 e. The topological polar surface area (TPSA) is 103 Å². The molecule has 0 spiro atoms. The van der Waals surface area contributed by atoms with E-state index in [9.17, 15) is 13.2 Å². The lowest BCUT2D eigenvalue weighted by Gasteiger charge is -2.03. The first-order valence-electron chi connectivity index (χ1n) is 4.27. The molecule has 0 saturated heterocycles. The van der Waals surface area contributed by atoms with E-state index < -0.39 is 12.6 Å². The lowest BCUT2D eigenvalue weighted by atomic mass is 10.2. The van der Waals surface area contributed by atoms with Crippen LogP contribution in [0.4, 0.5) is 13.2 Å². The molecule has 0 aliphatic carbocycles. The fraction of sp³-hybridized carbons (Fsp3) is 0.714. The highest BCUT2D eigenvalue weighted by molar-refractivity contribution is 5.92. The maximum absolute atomic E-state index is 11.7. The molecular weight excluding hydrogens is 211 g/mol. The second kappa shape index (κ2) is 6.10. The van der Waals surface area contributed by atoms with Gasteiger partial charge in [-0.1, -0.05) is 0 Å². The second-order valence-electron chi connectivity index (χ2n) is 2.85. The lowest BCUT2D eigenvalue weighted by Crippen LogP contribution is -2.26. The first-order valence-corrected chi connectivity index (χ1v) is 4.27. The number of aliphatic imine (C=N–C) groups is 2. The van der Waals surface area contributed by atoms with Gasteiger partial charge in [-0.3, -0.25) is 4.99 Å². The summed E-state index contributed by atoms with van der Waals surface area (Å²) in [6.07, 6.45) is -4.62. The number of rotatable bonds is 4. The van der Waals surface area contributed by atoms with Crippen molar-refractivity contribution in [2.45, 2.75) is 25.4 Å². The molecule has 88 valence electrons. The fourth-order valence-corrected chi connectivity index (χ4v) is 0.798. The van der Waals surface area contributed by atoms with Crippen LogP contribution >= 0.6 is 0 Å². The largest absolute Gasteiger partial charge is 0.389 e. The predicted molar refractivity (Wildman–Crippen MR) is 52.2 cm³/mol. The number of halogens is 3. The fourth-order valence-electron chi connectivity index (χ4n) is 0.798. The van der Waals surface area contributed by atoms with Crippen LogP contribution in [0.2, 0.25) is 0 Å². The normalized spacial score (nSPS) is 12.6. The summed E-state index contributed by atoms with van der Waals surface area (Å²) in [5.74, 6) is -0.353. The Morgan fingerprint density at radius 3 is 2.13 bits per heavy atom. The Labute approximate surface area is 85.2 Å². The van der Waals surface area contributed by atoms with Crippen molar-refractivity contribution in [2.24, 2.45) is 27.2 Å². The molecule has 0 amide bonds. The van der Waals surface area contributed by atoms with Crippen molar-refractivity contribution in [2.75, 3.05) is 6.54 Å². The average Bonchev–Trinajstić information content (AvgIpc) is 1.99. The van der Waals surface area contributed by atoms with E-state index in [1.807, 2.05) is 0 Å². The van der Waals surface area contributed by atoms with Crippen LogP contribution in [-0.2, 0) is 0 Å². The van der Waals surface area contributed by atoms with Crippen molar-refractivity contribution < 1.29 is 13.2 Å². The van der Waals surface area contributed by atoms with E-state index in [0.29, 0.717) is 6.42 Å². The van der Waals surface area contributed by atoms with Crippen LogP contribution in [0.1, 0.15) is 19.3 Å². The molecule has 6 N–H and O–H groups in total. The van der Waals surface area contributed by atoms with Gasteiger partial charge in [0.15, 0.2) is 5.96 Å². The molecule has 0 aromatic carbocycles. The number of hydrogen-bond acceptors (Lipinski definition) is 1. The van der Waals surface area contributed by atoms with Gasteiger partial charge in [0.1, 0.15) is 0 Å². The number of guanidine groups is 2. The van der Waals surface area contributed by atoms with Crippen LogP contribution in [0.15, 0.2) is 9.98 Å². The first kappa shape index (κ1) is 13.5. The third kappa shape index (κ3) is 10.5. The van der Waals surface area contributed by atoms with Crippen molar-refractivity contribution in [1.82, 2.24) is 0 Å². The molecule has 0 aliphatic rings. The highest BCUT2D eigenvalue weighted by atomic mass is 19.4. The van der Waals surface area contributed by atoms with E-state index >= 15 is 0 Å². The van der Waals surface area contributed by atoms with Gasteiger partial charge in [-0.15, -0.1) is 0 Å². The number of unbranched alkanes of at least 4 members (excludes halogenated alkanes) is 1. The van der Waals surface area contributed by atoms with Crippen LogP contribution in [0, 0.1) is 0 Å². The molecule has 0 aromatic rings. The molecule has 0 aromatic heterocycles. The number of nitrogens with zero attached hydrogens (tertiary/aromatic N) is 2. The minimum atomic E-state index is -4.12. The Bertz CT molecular complexity index is 242. The predicted octanol–water partition coefficient (Wildman–Crippen LogP) is 0.307. The molecule has 0 unspecified atom stereocenters. The summed E-state index contributed by atoms with van der Waals surface area (Å²) in [4.78, 5) is 7.06. The molecule has 0 bridgehead atoms. The molecule has 0 rings (SSSR count). The third-order valence-electron chi connectivity index (χ3n) is 1.39. The minimum absolute atomic E-state index is 0.0160. The van der Waals surface area contributed by atoms with Gasteiger partial charge in [0.25, 0.3) is 0 Å². The van der Waals surface area contributed by atoms with Crippen LogP contribution in [0.5, 0.6) is 0 Å². The maximum atomic E-state index is 11.7. The number of alkyl halides is 3. The average molecular weight is 225 g/mol. The number of nitrogens with two attached hydrogens (primary N) is 3.